The highest BCUT2D eigenvalue weighted by Gasteiger charge is 2.16. The third-order valence-electron chi connectivity index (χ3n) is 2.40. The maximum absolute atomic E-state index is 11.8. The smallest absolute Gasteiger partial charge is 0.161 e. The summed E-state index contributed by atoms with van der Waals surface area (Å²) in [6.45, 7) is 3.40. The number of rotatable bonds is 5. The van der Waals surface area contributed by atoms with Crippen LogP contribution in [0.2, 0.25) is 5.02 Å². The Morgan fingerprint density at radius 2 is 2.05 bits per heavy atom. The number of halogens is 2. The number of sulfone groups is 1. The third-order valence-corrected chi connectivity index (χ3v) is 5.47. The molecule has 0 saturated carbocycles. The molecule has 2 aromatic rings. The Morgan fingerprint density at radius 3 is 2.70 bits per heavy atom. The Balaban J connectivity index is 2.22. The van der Waals surface area contributed by atoms with E-state index in [4.69, 9.17) is 23.2 Å². The molecule has 0 bridgehead atoms. The van der Waals surface area contributed by atoms with Gasteiger partial charge in [0, 0.05) is 16.0 Å². The topological polar surface area (TPSA) is 47.0 Å². The van der Waals surface area contributed by atoms with Crippen LogP contribution in [0.15, 0.2) is 41.3 Å². The van der Waals surface area contributed by atoms with Crippen molar-refractivity contribution in [1.29, 1.82) is 0 Å². The molecule has 1 heterocycles. The SMILES string of the molecule is C=C(Cl)CS(=O)(=O)Cc1csc(-c2ccccc2Cl)n1. The van der Waals surface area contributed by atoms with Gasteiger partial charge in [-0.3, -0.25) is 0 Å². The van der Waals surface area contributed by atoms with Crippen LogP contribution in [0, 0.1) is 0 Å². The van der Waals surface area contributed by atoms with Gasteiger partial charge in [-0.1, -0.05) is 48.0 Å². The quantitative estimate of drug-likeness (QED) is 0.816. The fourth-order valence-electron chi connectivity index (χ4n) is 1.65. The van der Waals surface area contributed by atoms with Gasteiger partial charge in [0.1, 0.15) is 5.01 Å². The van der Waals surface area contributed by atoms with Gasteiger partial charge in [0.05, 0.1) is 22.2 Å². The number of nitrogens with zero attached hydrogens (tertiary/aromatic N) is 1. The molecule has 0 aliphatic rings. The minimum Gasteiger partial charge on any atom is -0.240 e. The van der Waals surface area contributed by atoms with Gasteiger partial charge < -0.3 is 0 Å². The minimum absolute atomic E-state index is 0.103. The molecular weight excluding hydrogens is 337 g/mol. The molecule has 0 radical (unpaired) electrons. The van der Waals surface area contributed by atoms with E-state index in [9.17, 15) is 8.42 Å². The molecule has 1 aromatic carbocycles. The summed E-state index contributed by atoms with van der Waals surface area (Å²) in [6.07, 6.45) is 0. The second kappa shape index (κ2) is 6.26. The zero-order valence-electron chi connectivity index (χ0n) is 10.3. The van der Waals surface area contributed by atoms with Crippen LogP contribution >= 0.6 is 34.5 Å². The monoisotopic (exact) mass is 347 g/mol. The lowest BCUT2D eigenvalue weighted by Gasteiger charge is -2.00. The first-order chi connectivity index (χ1) is 9.37. The molecular formula is C13H11Cl2NO2S2. The summed E-state index contributed by atoms with van der Waals surface area (Å²) >= 11 is 13.0. The highest BCUT2D eigenvalue weighted by molar-refractivity contribution is 7.90. The summed E-state index contributed by atoms with van der Waals surface area (Å²) in [7, 11) is -3.33. The van der Waals surface area contributed by atoms with Gasteiger partial charge >= 0.3 is 0 Å². The lowest BCUT2D eigenvalue weighted by Crippen LogP contribution is -2.09. The Bertz CT molecular complexity index is 738. The van der Waals surface area contributed by atoms with Crippen molar-refractivity contribution >= 4 is 44.4 Å². The first-order valence-corrected chi connectivity index (χ1v) is 9.06. The standard InChI is InChI=1S/C13H11Cl2NO2S2/c1-9(14)7-20(17,18)8-10-6-19-13(16-10)11-4-2-3-5-12(11)15/h2-6H,1,7-8H2. The number of benzene rings is 1. The number of hydrogen-bond donors (Lipinski definition) is 0. The molecule has 0 saturated heterocycles. The van der Waals surface area contributed by atoms with Crippen molar-refractivity contribution in [2.75, 3.05) is 5.75 Å². The predicted molar refractivity (Wildman–Crippen MR) is 85.0 cm³/mol. The number of thiazole rings is 1. The summed E-state index contributed by atoms with van der Waals surface area (Å²) in [5.41, 5.74) is 1.28. The van der Waals surface area contributed by atoms with Gasteiger partial charge in [-0.2, -0.15) is 0 Å². The molecule has 0 fully saturated rings. The summed E-state index contributed by atoms with van der Waals surface area (Å²) in [5, 5.41) is 3.11. The van der Waals surface area contributed by atoms with Crippen LogP contribution in [0.5, 0.6) is 0 Å². The highest BCUT2D eigenvalue weighted by Crippen LogP contribution is 2.30. The summed E-state index contributed by atoms with van der Waals surface area (Å²) in [5.74, 6) is -0.396. The van der Waals surface area contributed by atoms with Gasteiger partial charge in [-0.25, -0.2) is 13.4 Å². The van der Waals surface area contributed by atoms with Crippen molar-refractivity contribution in [2.45, 2.75) is 5.75 Å². The van der Waals surface area contributed by atoms with Crippen LogP contribution < -0.4 is 0 Å². The van der Waals surface area contributed by atoms with E-state index >= 15 is 0 Å². The van der Waals surface area contributed by atoms with E-state index in [2.05, 4.69) is 11.6 Å². The molecule has 2 rings (SSSR count). The molecule has 0 unspecified atom stereocenters. The summed E-state index contributed by atoms with van der Waals surface area (Å²) in [6, 6.07) is 7.31. The predicted octanol–water partition coefficient (Wildman–Crippen LogP) is 4.13. The average Bonchev–Trinajstić information content (AvgIpc) is 2.75. The largest absolute Gasteiger partial charge is 0.240 e. The summed E-state index contributed by atoms with van der Waals surface area (Å²) in [4.78, 5) is 4.32. The normalized spacial score (nSPS) is 11.5. The van der Waals surface area contributed by atoms with E-state index in [1.807, 2.05) is 18.2 Å². The van der Waals surface area contributed by atoms with Crippen LogP contribution in [-0.4, -0.2) is 19.2 Å². The van der Waals surface area contributed by atoms with Crippen molar-refractivity contribution in [1.82, 2.24) is 4.98 Å². The Morgan fingerprint density at radius 1 is 1.35 bits per heavy atom. The molecule has 3 nitrogen and oxygen atoms in total. The molecule has 0 amide bonds. The molecule has 7 heteroatoms. The van der Waals surface area contributed by atoms with Crippen molar-refractivity contribution in [3.63, 3.8) is 0 Å². The molecule has 20 heavy (non-hydrogen) atoms. The lowest BCUT2D eigenvalue weighted by atomic mass is 10.2. The number of aromatic nitrogens is 1. The van der Waals surface area contributed by atoms with Crippen LogP contribution in [0.3, 0.4) is 0 Å². The van der Waals surface area contributed by atoms with Gasteiger partial charge in [0.15, 0.2) is 9.84 Å². The molecule has 0 aliphatic heterocycles. The second-order valence-corrected chi connectivity index (χ2v) is 8.04. The van der Waals surface area contributed by atoms with E-state index in [0.29, 0.717) is 15.7 Å². The maximum Gasteiger partial charge on any atom is 0.161 e. The Kier molecular flexibility index (Phi) is 4.86. The van der Waals surface area contributed by atoms with Crippen molar-refractivity contribution in [3.8, 4) is 10.6 Å². The zero-order valence-corrected chi connectivity index (χ0v) is 13.5. The molecule has 0 atom stereocenters. The van der Waals surface area contributed by atoms with E-state index in [1.165, 1.54) is 11.3 Å². The van der Waals surface area contributed by atoms with Crippen LogP contribution in [-0.2, 0) is 15.6 Å². The molecule has 1 aromatic heterocycles. The fourth-order valence-corrected chi connectivity index (χ4v) is 4.57. The fraction of sp³-hybridized carbons (Fsp3) is 0.154. The molecule has 106 valence electrons. The second-order valence-electron chi connectivity index (χ2n) is 4.17. The maximum atomic E-state index is 11.8. The van der Waals surface area contributed by atoms with Crippen molar-refractivity contribution < 1.29 is 8.42 Å². The van der Waals surface area contributed by atoms with Gasteiger partial charge in [-0.05, 0) is 6.07 Å². The van der Waals surface area contributed by atoms with Crippen molar-refractivity contribution in [2.24, 2.45) is 0 Å². The van der Waals surface area contributed by atoms with Gasteiger partial charge in [-0.15, -0.1) is 11.3 Å². The van der Waals surface area contributed by atoms with E-state index in [0.717, 1.165) is 5.56 Å². The van der Waals surface area contributed by atoms with Crippen LogP contribution in [0.4, 0.5) is 0 Å². The van der Waals surface area contributed by atoms with E-state index in [-0.39, 0.29) is 16.5 Å². The first kappa shape index (κ1) is 15.5. The van der Waals surface area contributed by atoms with E-state index in [1.54, 1.807) is 11.4 Å². The minimum atomic E-state index is -3.33. The molecule has 0 N–H and O–H groups in total. The van der Waals surface area contributed by atoms with E-state index < -0.39 is 9.84 Å². The Labute approximate surface area is 131 Å². The zero-order chi connectivity index (χ0) is 14.8. The van der Waals surface area contributed by atoms with Gasteiger partial charge in [0.25, 0.3) is 0 Å². The molecule has 0 spiro atoms. The third kappa shape index (κ3) is 4.06. The van der Waals surface area contributed by atoms with Crippen molar-refractivity contribution in [3.05, 3.63) is 52.0 Å². The first-order valence-electron chi connectivity index (χ1n) is 5.60. The van der Waals surface area contributed by atoms with Gasteiger partial charge in [0.2, 0.25) is 0 Å². The summed E-state index contributed by atoms with van der Waals surface area (Å²) < 4.78 is 23.6. The highest BCUT2D eigenvalue weighted by atomic mass is 35.5. The lowest BCUT2D eigenvalue weighted by molar-refractivity contribution is 0.597. The molecule has 0 aliphatic carbocycles. The number of hydrogen-bond acceptors (Lipinski definition) is 4. The van der Waals surface area contributed by atoms with Crippen LogP contribution in [0.1, 0.15) is 5.69 Å². The average molecular weight is 348 g/mol. The Hall–Kier alpha value is -0.880. The van der Waals surface area contributed by atoms with Crippen LogP contribution in [0.25, 0.3) is 10.6 Å².